The van der Waals surface area contributed by atoms with Crippen molar-refractivity contribution in [3.05, 3.63) is 93.0 Å². The number of rotatable bonds is 11. The van der Waals surface area contributed by atoms with Gasteiger partial charge in [0.2, 0.25) is 11.8 Å². The molecule has 0 aliphatic heterocycles. The fraction of sp³-hybridized carbons (Fsp3) is 0.333. The van der Waals surface area contributed by atoms with Gasteiger partial charge >= 0.3 is 0 Å². The van der Waals surface area contributed by atoms with Crippen LogP contribution in [0.1, 0.15) is 42.5 Å². The topological polar surface area (TPSA) is 86.8 Å². The highest BCUT2D eigenvalue weighted by atomic mass is 35.5. The Balaban J connectivity index is 2.12. The molecule has 1 atom stereocenters. The molecular weight excluding hydrogens is 569 g/mol. The highest BCUT2D eigenvalue weighted by molar-refractivity contribution is 7.92. The van der Waals surface area contributed by atoms with Gasteiger partial charge in [0, 0.05) is 23.1 Å². The highest BCUT2D eigenvalue weighted by Crippen LogP contribution is 2.30. The second-order valence-corrected chi connectivity index (χ2v) is 12.3. The number of likely N-dealkylation sites (N-methyl/N-ethyl adjacent to an activating group) is 1. The maximum Gasteiger partial charge on any atom is 0.264 e. The van der Waals surface area contributed by atoms with E-state index in [1.807, 2.05) is 26.8 Å². The number of halogens is 2. The van der Waals surface area contributed by atoms with Crippen molar-refractivity contribution in [3.63, 3.8) is 0 Å². The average molecular weight is 605 g/mol. The summed E-state index contributed by atoms with van der Waals surface area (Å²) in [6.45, 7) is 9.04. The number of benzene rings is 3. The molecule has 0 saturated heterocycles. The van der Waals surface area contributed by atoms with Crippen molar-refractivity contribution < 1.29 is 18.0 Å². The Hall–Kier alpha value is -3.07. The number of amides is 2. The summed E-state index contributed by atoms with van der Waals surface area (Å²) in [5.74, 6) is -0.871. The smallest absolute Gasteiger partial charge is 0.264 e. The van der Waals surface area contributed by atoms with Gasteiger partial charge in [-0.2, -0.15) is 0 Å². The van der Waals surface area contributed by atoms with Crippen molar-refractivity contribution in [1.29, 1.82) is 0 Å². The summed E-state index contributed by atoms with van der Waals surface area (Å²) < 4.78 is 29.2. The molecule has 3 aromatic carbocycles. The van der Waals surface area contributed by atoms with Gasteiger partial charge in [-0.3, -0.25) is 13.9 Å². The molecule has 0 aliphatic carbocycles. The predicted molar refractivity (Wildman–Crippen MR) is 161 cm³/mol. The van der Waals surface area contributed by atoms with E-state index in [9.17, 15) is 18.0 Å². The molecule has 0 aliphatic rings. The molecule has 3 rings (SSSR count). The molecule has 1 unspecified atom stereocenters. The lowest BCUT2D eigenvalue weighted by Crippen LogP contribution is -2.52. The quantitative estimate of drug-likeness (QED) is 0.289. The molecule has 0 saturated carbocycles. The number of nitrogens with one attached hydrogen (secondary N) is 1. The number of carbonyl (C=O) groups is 2. The zero-order chi connectivity index (χ0) is 29.6. The molecule has 0 fully saturated rings. The average Bonchev–Trinajstić information content (AvgIpc) is 2.90. The van der Waals surface area contributed by atoms with E-state index < -0.39 is 28.5 Å². The van der Waals surface area contributed by atoms with Crippen LogP contribution in [-0.2, 0) is 26.2 Å². The molecule has 0 heterocycles. The maximum absolute atomic E-state index is 14.1. The molecule has 40 heavy (non-hydrogen) atoms. The Kier molecular flexibility index (Phi) is 10.6. The summed E-state index contributed by atoms with van der Waals surface area (Å²) >= 11 is 12.5. The number of sulfonamides is 1. The monoisotopic (exact) mass is 603 g/mol. The molecule has 10 heteroatoms. The van der Waals surface area contributed by atoms with Crippen molar-refractivity contribution >= 4 is 50.7 Å². The number of nitrogens with zero attached hydrogens (tertiary/aromatic N) is 2. The van der Waals surface area contributed by atoms with Gasteiger partial charge in [0.05, 0.1) is 10.6 Å². The third-order valence-corrected chi connectivity index (χ3v) is 9.19. The summed E-state index contributed by atoms with van der Waals surface area (Å²) in [5.41, 5.74) is 3.50. The predicted octanol–water partition coefficient (Wildman–Crippen LogP) is 6.06. The summed E-state index contributed by atoms with van der Waals surface area (Å²) in [7, 11) is -4.15. The van der Waals surface area contributed by atoms with E-state index in [1.165, 1.54) is 17.0 Å². The van der Waals surface area contributed by atoms with Crippen molar-refractivity contribution in [3.8, 4) is 0 Å². The zero-order valence-electron chi connectivity index (χ0n) is 23.4. The van der Waals surface area contributed by atoms with Gasteiger partial charge < -0.3 is 10.2 Å². The number of carbonyl (C=O) groups excluding carboxylic acids is 2. The second kappa shape index (κ2) is 13.5. The van der Waals surface area contributed by atoms with Crippen LogP contribution in [-0.4, -0.2) is 44.3 Å². The zero-order valence-corrected chi connectivity index (χ0v) is 25.7. The highest BCUT2D eigenvalue weighted by Gasteiger charge is 2.34. The normalized spacial score (nSPS) is 12.1. The summed E-state index contributed by atoms with van der Waals surface area (Å²) in [5, 5.41) is 3.57. The molecule has 0 aromatic heterocycles. The van der Waals surface area contributed by atoms with Gasteiger partial charge in [0.1, 0.15) is 12.6 Å². The van der Waals surface area contributed by atoms with Crippen molar-refractivity contribution in [2.75, 3.05) is 17.4 Å². The van der Waals surface area contributed by atoms with Crippen LogP contribution in [0.2, 0.25) is 10.0 Å². The fourth-order valence-electron chi connectivity index (χ4n) is 4.40. The summed E-state index contributed by atoms with van der Waals surface area (Å²) in [4.78, 5) is 28.6. The lowest BCUT2D eigenvalue weighted by molar-refractivity contribution is -0.140. The van der Waals surface area contributed by atoms with E-state index in [0.717, 1.165) is 21.0 Å². The van der Waals surface area contributed by atoms with Crippen LogP contribution in [0.5, 0.6) is 0 Å². The number of hydrogen-bond donors (Lipinski definition) is 1. The molecule has 1 N–H and O–H groups in total. The van der Waals surface area contributed by atoms with E-state index in [1.54, 1.807) is 56.3 Å². The molecule has 2 amide bonds. The molecule has 214 valence electrons. The van der Waals surface area contributed by atoms with Crippen LogP contribution in [0.4, 0.5) is 5.69 Å². The second-order valence-electron chi connectivity index (χ2n) is 9.62. The largest absolute Gasteiger partial charge is 0.355 e. The molecular formula is C30H35Cl2N3O4S. The minimum absolute atomic E-state index is 0.00427. The Morgan fingerprint density at radius 2 is 1.62 bits per heavy atom. The van der Waals surface area contributed by atoms with Gasteiger partial charge in [-0.05, 0) is 81.1 Å². The van der Waals surface area contributed by atoms with Gasteiger partial charge in [0.15, 0.2) is 0 Å². The lowest BCUT2D eigenvalue weighted by atomic mass is 10.1. The summed E-state index contributed by atoms with van der Waals surface area (Å²) in [6, 6.07) is 15.9. The Morgan fingerprint density at radius 1 is 0.950 bits per heavy atom. The SMILES string of the molecule is CCNC(=O)C(CC)N(Cc1ccc(Cl)cc1Cl)C(=O)CN(c1cccc(C)c1C)S(=O)(=O)c1ccc(C)cc1. The van der Waals surface area contributed by atoms with E-state index in [-0.39, 0.29) is 17.3 Å². The van der Waals surface area contributed by atoms with Crippen molar-refractivity contribution in [1.82, 2.24) is 10.2 Å². The standard InChI is InChI=1S/C30H35Cl2N3O4S/c1-6-27(30(37)33-7-2)34(18-23-13-14-24(31)17-26(23)32)29(36)19-35(28-10-8-9-21(4)22(28)5)40(38,39)25-15-11-20(3)12-16-25/h8-17,27H,6-7,18-19H2,1-5H3,(H,33,37). The fourth-order valence-corrected chi connectivity index (χ4v) is 6.34. The Morgan fingerprint density at radius 3 is 2.23 bits per heavy atom. The Bertz CT molecular complexity index is 1480. The van der Waals surface area contributed by atoms with Crippen LogP contribution < -0.4 is 9.62 Å². The van der Waals surface area contributed by atoms with Crippen molar-refractivity contribution in [2.24, 2.45) is 0 Å². The maximum atomic E-state index is 14.1. The molecule has 0 spiro atoms. The number of anilines is 1. The third-order valence-electron chi connectivity index (χ3n) is 6.83. The first kappa shape index (κ1) is 31.5. The van der Waals surface area contributed by atoms with E-state index in [0.29, 0.717) is 34.3 Å². The van der Waals surface area contributed by atoms with Gasteiger partial charge in [-0.15, -0.1) is 0 Å². The third kappa shape index (κ3) is 7.16. The van der Waals surface area contributed by atoms with Gasteiger partial charge in [0.25, 0.3) is 10.0 Å². The summed E-state index contributed by atoms with van der Waals surface area (Å²) in [6.07, 6.45) is 0.316. The first-order valence-corrected chi connectivity index (χ1v) is 15.3. The van der Waals surface area contributed by atoms with Crippen LogP contribution in [0.3, 0.4) is 0 Å². The van der Waals surface area contributed by atoms with Crippen LogP contribution >= 0.6 is 23.2 Å². The minimum Gasteiger partial charge on any atom is -0.355 e. The first-order chi connectivity index (χ1) is 18.9. The molecule has 0 radical (unpaired) electrons. The van der Waals surface area contributed by atoms with Crippen molar-refractivity contribution in [2.45, 2.75) is 58.5 Å². The minimum atomic E-state index is -4.15. The lowest BCUT2D eigenvalue weighted by Gasteiger charge is -2.34. The molecule has 3 aromatic rings. The Labute approximate surface area is 247 Å². The first-order valence-electron chi connectivity index (χ1n) is 13.1. The van der Waals surface area contributed by atoms with Gasteiger partial charge in [-0.25, -0.2) is 8.42 Å². The van der Waals surface area contributed by atoms with Crippen LogP contribution in [0, 0.1) is 20.8 Å². The van der Waals surface area contributed by atoms with E-state index in [4.69, 9.17) is 23.2 Å². The molecule has 0 bridgehead atoms. The van der Waals surface area contributed by atoms with Crippen LogP contribution in [0.15, 0.2) is 65.6 Å². The van der Waals surface area contributed by atoms with E-state index >= 15 is 0 Å². The van der Waals surface area contributed by atoms with E-state index in [2.05, 4.69) is 5.32 Å². The van der Waals surface area contributed by atoms with Gasteiger partial charge in [-0.1, -0.05) is 66.0 Å². The number of hydrogen-bond acceptors (Lipinski definition) is 4. The number of aryl methyl sites for hydroxylation is 2. The molecule has 7 nitrogen and oxygen atoms in total. The van der Waals surface area contributed by atoms with Crippen LogP contribution in [0.25, 0.3) is 0 Å².